The van der Waals surface area contributed by atoms with Gasteiger partial charge in [-0.25, -0.2) is 14.6 Å². The van der Waals surface area contributed by atoms with Crippen molar-refractivity contribution >= 4 is 56.7 Å². The van der Waals surface area contributed by atoms with Crippen molar-refractivity contribution in [3.8, 4) is 11.4 Å². The van der Waals surface area contributed by atoms with Gasteiger partial charge in [-0.3, -0.25) is 9.88 Å². The van der Waals surface area contributed by atoms with Gasteiger partial charge in [0, 0.05) is 40.0 Å². The number of carboxylic acid groups (broad SMARTS) is 2. The van der Waals surface area contributed by atoms with E-state index in [0.717, 1.165) is 27.7 Å². The Morgan fingerprint density at radius 2 is 1.37 bits per heavy atom. The van der Waals surface area contributed by atoms with Crippen LogP contribution in [-0.2, 0) is 0 Å². The standard InChI is InChI=1S/C39H26N4O6/c44-38(45)24-12-14-41-31(16-24)33-18-27(39(46)47)17-32(42-33)30-15-23(11-13-40-30)34-19-25-20-36-26(21-35(25)48-34)22-37(49-36)43(28-7-3-1-4-8-28)29-9-5-2-6-10-29/h1-22,30,40H,(H,44,45)(H,46,47). The quantitative estimate of drug-likeness (QED) is 0.147. The fourth-order valence-corrected chi connectivity index (χ4v) is 5.90. The lowest BCUT2D eigenvalue weighted by molar-refractivity contribution is 0.0685. The Morgan fingerprint density at radius 1 is 0.714 bits per heavy atom. The van der Waals surface area contributed by atoms with Crippen molar-refractivity contribution in [2.24, 2.45) is 0 Å². The summed E-state index contributed by atoms with van der Waals surface area (Å²) in [5.41, 5.74) is 5.04. The number of aromatic nitrogens is 2. The Labute approximate surface area is 278 Å². The largest absolute Gasteiger partial charge is 0.478 e. The van der Waals surface area contributed by atoms with E-state index in [1.54, 1.807) is 6.20 Å². The zero-order valence-electron chi connectivity index (χ0n) is 25.6. The molecule has 1 atom stereocenters. The molecule has 3 N–H and O–H groups in total. The van der Waals surface area contributed by atoms with E-state index in [2.05, 4.69) is 20.2 Å². The minimum absolute atomic E-state index is 0.00222. The van der Waals surface area contributed by atoms with Crippen molar-refractivity contribution in [1.82, 2.24) is 15.3 Å². The van der Waals surface area contributed by atoms with E-state index in [9.17, 15) is 19.8 Å². The van der Waals surface area contributed by atoms with Gasteiger partial charge in [0.05, 0.1) is 34.3 Å². The van der Waals surface area contributed by atoms with Crippen LogP contribution in [0.3, 0.4) is 0 Å². The number of carbonyl (C=O) groups is 2. The Kier molecular flexibility index (Phi) is 7.22. The lowest BCUT2D eigenvalue weighted by Gasteiger charge is -2.22. The van der Waals surface area contributed by atoms with Crippen LogP contribution in [-0.4, -0.2) is 32.1 Å². The van der Waals surface area contributed by atoms with Gasteiger partial charge in [-0.05, 0) is 85.1 Å². The molecule has 0 fully saturated rings. The number of carboxylic acids is 2. The van der Waals surface area contributed by atoms with Crippen LogP contribution in [0.2, 0.25) is 0 Å². The molecular weight excluding hydrogens is 620 g/mol. The SMILES string of the molecule is O=C(O)c1ccnc(-c2cc(C(=O)O)cc(C3C=C(c4cc5cc6oc(N(c7ccccc7)c7ccccc7)cc6cc5o4)C=CN3)n2)c1. The number of nitrogens with one attached hydrogen (secondary N) is 1. The number of hydrogen-bond donors (Lipinski definition) is 3. The molecule has 10 nitrogen and oxygen atoms in total. The summed E-state index contributed by atoms with van der Waals surface area (Å²) >= 11 is 0. The summed E-state index contributed by atoms with van der Waals surface area (Å²) in [4.78, 5) is 34.5. The van der Waals surface area contributed by atoms with Crippen LogP contribution in [0.15, 0.2) is 143 Å². The minimum Gasteiger partial charge on any atom is -0.478 e. The van der Waals surface area contributed by atoms with E-state index in [1.165, 1.54) is 30.5 Å². The van der Waals surface area contributed by atoms with E-state index >= 15 is 0 Å². The topological polar surface area (TPSA) is 142 Å². The Hall–Kier alpha value is -6.94. The molecule has 0 saturated heterocycles. The number of allylic oxidation sites excluding steroid dienone is 2. The number of nitrogens with zero attached hydrogens (tertiary/aromatic N) is 3. The summed E-state index contributed by atoms with van der Waals surface area (Å²) in [6, 6.07) is 33.0. The second-order valence-electron chi connectivity index (χ2n) is 11.4. The highest BCUT2D eigenvalue weighted by Crippen LogP contribution is 2.40. The van der Waals surface area contributed by atoms with E-state index in [-0.39, 0.29) is 22.5 Å². The molecule has 10 heteroatoms. The Balaban J connectivity index is 1.14. The predicted octanol–water partition coefficient (Wildman–Crippen LogP) is 8.74. The van der Waals surface area contributed by atoms with Crippen molar-refractivity contribution < 1.29 is 28.6 Å². The van der Waals surface area contributed by atoms with Gasteiger partial charge in [-0.15, -0.1) is 0 Å². The average molecular weight is 647 g/mol. The maximum absolute atomic E-state index is 12.0. The number of pyridine rings is 2. The number of para-hydroxylation sites is 2. The van der Waals surface area contributed by atoms with Crippen LogP contribution in [0.4, 0.5) is 17.3 Å². The highest BCUT2D eigenvalue weighted by molar-refractivity contribution is 5.97. The highest BCUT2D eigenvalue weighted by Gasteiger charge is 2.22. The molecule has 8 rings (SSSR count). The first-order chi connectivity index (χ1) is 23.9. The zero-order valence-corrected chi connectivity index (χ0v) is 25.6. The number of hydrogen-bond acceptors (Lipinski definition) is 8. The van der Waals surface area contributed by atoms with Gasteiger partial charge >= 0.3 is 11.9 Å². The number of dihydropyridines is 1. The van der Waals surface area contributed by atoms with Crippen molar-refractivity contribution in [3.05, 3.63) is 156 Å². The molecule has 0 saturated carbocycles. The normalized spacial score (nSPS) is 14.0. The van der Waals surface area contributed by atoms with Crippen LogP contribution >= 0.6 is 0 Å². The van der Waals surface area contributed by atoms with Crippen molar-refractivity contribution in [2.45, 2.75) is 6.04 Å². The number of furan rings is 2. The summed E-state index contributed by atoms with van der Waals surface area (Å²) in [5.74, 6) is -0.973. The van der Waals surface area contributed by atoms with Gasteiger partial charge in [0.2, 0.25) is 5.88 Å². The lowest BCUT2D eigenvalue weighted by atomic mass is 10.0. The Bertz CT molecular complexity index is 2360. The molecule has 0 amide bonds. The monoisotopic (exact) mass is 646 g/mol. The van der Waals surface area contributed by atoms with E-state index < -0.39 is 18.0 Å². The van der Waals surface area contributed by atoms with Crippen molar-refractivity contribution in [2.75, 3.05) is 4.90 Å². The summed E-state index contributed by atoms with van der Waals surface area (Å²) in [7, 11) is 0. The summed E-state index contributed by atoms with van der Waals surface area (Å²) < 4.78 is 12.8. The third kappa shape index (κ3) is 5.68. The predicted molar refractivity (Wildman–Crippen MR) is 185 cm³/mol. The molecule has 7 aromatic rings. The molecule has 238 valence electrons. The molecule has 4 aromatic heterocycles. The van der Waals surface area contributed by atoms with Crippen LogP contribution in [0.25, 0.3) is 38.9 Å². The van der Waals surface area contributed by atoms with Gasteiger partial charge in [-0.2, -0.15) is 0 Å². The van der Waals surface area contributed by atoms with Crippen LogP contribution in [0.5, 0.6) is 0 Å². The first-order valence-electron chi connectivity index (χ1n) is 15.4. The molecule has 49 heavy (non-hydrogen) atoms. The lowest BCUT2D eigenvalue weighted by Crippen LogP contribution is -2.18. The highest BCUT2D eigenvalue weighted by atomic mass is 16.4. The molecule has 1 aliphatic rings. The maximum Gasteiger partial charge on any atom is 0.335 e. The zero-order chi connectivity index (χ0) is 33.5. The van der Waals surface area contributed by atoms with Gasteiger partial charge in [0.1, 0.15) is 16.9 Å². The third-order valence-electron chi connectivity index (χ3n) is 8.24. The first-order valence-corrected chi connectivity index (χ1v) is 15.4. The number of fused-ring (bicyclic) bond motifs is 2. The molecule has 0 aliphatic carbocycles. The number of rotatable bonds is 8. The second-order valence-corrected chi connectivity index (χ2v) is 11.4. The van der Waals surface area contributed by atoms with Gasteiger partial charge in [-0.1, -0.05) is 36.4 Å². The first kappa shape index (κ1) is 29.5. The molecule has 1 unspecified atom stereocenters. The fourth-order valence-electron chi connectivity index (χ4n) is 5.90. The molecule has 0 spiro atoms. The molecular formula is C39H26N4O6. The number of aromatic carboxylic acids is 2. The molecule has 1 aliphatic heterocycles. The average Bonchev–Trinajstić information content (AvgIpc) is 3.74. The number of benzene rings is 3. The summed E-state index contributed by atoms with van der Waals surface area (Å²) in [6.07, 6.45) is 6.88. The maximum atomic E-state index is 12.0. The molecule has 0 bridgehead atoms. The van der Waals surface area contributed by atoms with E-state index in [1.807, 2.05) is 97.1 Å². The Morgan fingerprint density at radius 3 is 2.06 bits per heavy atom. The minimum atomic E-state index is -1.14. The van der Waals surface area contributed by atoms with E-state index in [0.29, 0.717) is 28.5 Å². The van der Waals surface area contributed by atoms with Crippen LogP contribution < -0.4 is 10.2 Å². The van der Waals surface area contributed by atoms with Crippen molar-refractivity contribution in [1.29, 1.82) is 0 Å². The van der Waals surface area contributed by atoms with E-state index in [4.69, 9.17) is 8.83 Å². The molecule has 0 radical (unpaired) electrons. The van der Waals surface area contributed by atoms with Crippen molar-refractivity contribution in [3.63, 3.8) is 0 Å². The third-order valence-corrected chi connectivity index (χ3v) is 8.24. The van der Waals surface area contributed by atoms with Crippen LogP contribution in [0.1, 0.15) is 38.2 Å². The summed E-state index contributed by atoms with van der Waals surface area (Å²) in [6.45, 7) is 0. The van der Waals surface area contributed by atoms with Crippen LogP contribution in [0, 0.1) is 0 Å². The summed E-state index contributed by atoms with van der Waals surface area (Å²) in [5, 5.41) is 24.2. The second kappa shape index (κ2) is 12.0. The fraction of sp³-hybridized carbons (Fsp3) is 0.0256. The number of anilines is 3. The molecule has 3 aromatic carbocycles. The van der Waals surface area contributed by atoms with Gasteiger partial charge in [0.15, 0.2) is 0 Å². The van der Waals surface area contributed by atoms with Gasteiger partial charge < -0.3 is 24.4 Å². The van der Waals surface area contributed by atoms with Gasteiger partial charge in [0.25, 0.3) is 0 Å². The molecule has 5 heterocycles. The smallest absolute Gasteiger partial charge is 0.335 e.